The number of alkyl halides is 6. The first-order valence-electron chi connectivity index (χ1n) is 6.09. The topological polar surface area (TPSA) is 38.3 Å². The molecule has 23 heavy (non-hydrogen) atoms. The van der Waals surface area contributed by atoms with Gasteiger partial charge in [0.2, 0.25) is 0 Å². The van der Waals surface area contributed by atoms with Crippen LogP contribution in [0, 0.1) is 0 Å². The number of hydrogen-bond donors (Lipinski definition) is 1. The molecule has 1 aromatic rings. The average Bonchev–Trinajstić information content (AvgIpc) is 2.21. The van der Waals surface area contributed by atoms with Gasteiger partial charge >= 0.3 is 18.4 Å². The molecule has 0 radical (unpaired) electrons. The SMILES string of the molecule is CC(C)(C)OC(=O)Nc1cc(Cl)c(C(F)(F)F)c(C(F)(F)F)c1. The minimum Gasteiger partial charge on any atom is -0.444 e. The van der Waals surface area contributed by atoms with Gasteiger partial charge in [0.05, 0.1) is 16.1 Å². The molecule has 3 nitrogen and oxygen atoms in total. The fourth-order valence-electron chi connectivity index (χ4n) is 1.61. The molecule has 0 aliphatic carbocycles. The lowest BCUT2D eigenvalue weighted by Crippen LogP contribution is -2.27. The monoisotopic (exact) mass is 363 g/mol. The molecule has 1 amide bonds. The van der Waals surface area contributed by atoms with E-state index < -0.39 is 45.9 Å². The third kappa shape index (κ3) is 5.49. The van der Waals surface area contributed by atoms with E-state index in [9.17, 15) is 31.1 Å². The minimum absolute atomic E-state index is 0.151. The number of carbonyl (C=O) groups is 1. The van der Waals surface area contributed by atoms with Crippen molar-refractivity contribution in [3.63, 3.8) is 0 Å². The Balaban J connectivity index is 3.29. The summed E-state index contributed by atoms with van der Waals surface area (Å²) in [5.74, 6) is 0. The van der Waals surface area contributed by atoms with Crippen molar-refractivity contribution in [2.24, 2.45) is 0 Å². The summed E-state index contributed by atoms with van der Waals surface area (Å²) in [6.45, 7) is 4.52. The summed E-state index contributed by atoms with van der Waals surface area (Å²) in [6.07, 6.45) is -11.7. The van der Waals surface area contributed by atoms with Crippen molar-refractivity contribution < 1.29 is 35.9 Å². The summed E-state index contributed by atoms with van der Waals surface area (Å²) in [7, 11) is 0. The van der Waals surface area contributed by atoms with E-state index in [1.54, 1.807) is 0 Å². The lowest BCUT2D eigenvalue weighted by molar-refractivity contribution is -0.161. The van der Waals surface area contributed by atoms with Gasteiger partial charge in [-0.25, -0.2) is 4.79 Å². The molecule has 0 saturated heterocycles. The zero-order valence-electron chi connectivity index (χ0n) is 12.1. The number of ether oxygens (including phenoxy) is 1. The summed E-state index contributed by atoms with van der Waals surface area (Å²) in [6, 6.07) is 0.724. The number of hydrogen-bond acceptors (Lipinski definition) is 2. The zero-order chi connectivity index (χ0) is 18.2. The molecule has 1 aromatic carbocycles. The van der Waals surface area contributed by atoms with Crippen molar-refractivity contribution in [1.29, 1.82) is 0 Å². The fourth-order valence-corrected chi connectivity index (χ4v) is 1.94. The van der Waals surface area contributed by atoms with E-state index in [1.165, 1.54) is 20.8 Å². The first-order chi connectivity index (χ1) is 10.1. The van der Waals surface area contributed by atoms with Gasteiger partial charge in [-0.15, -0.1) is 0 Å². The maximum Gasteiger partial charge on any atom is 0.418 e. The quantitative estimate of drug-likeness (QED) is 0.647. The van der Waals surface area contributed by atoms with Crippen LogP contribution in [0.5, 0.6) is 0 Å². The predicted octanol–water partition coefficient (Wildman–Crippen LogP) is 5.72. The normalized spacial score (nSPS) is 13.0. The van der Waals surface area contributed by atoms with Crippen molar-refractivity contribution >= 4 is 23.4 Å². The molecule has 1 rings (SSSR count). The van der Waals surface area contributed by atoms with E-state index in [4.69, 9.17) is 16.3 Å². The molecule has 1 N–H and O–H groups in total. The molecule has 0 aliphatic rings. The summed E-state index contributed by atoms with van der Waals surface area (Å²) in [5.41, 5.74) is -5.51. The fraction of sp³-hybridized carbons (Fsp3) is 0.462. The van der Waals surface area contributed by atoms with Crippen LogP contribution >= 0.6 is 11.6 Å². The summed E-state index contributed by atoms with van der Waals surface area (Å²) in [4.78, 5) is 11.5. The minimum atomic E-state index is -5.31. The Labute approximate surface area is 132 Å². The zero-order valence-corrected chi connectivity index (χ0v) is 12.9. The third-order valence-corrected chi connectivity index (χ3v) is 2.62. The van der Waals surface area contributed by atoms with Gasteiger partial charge in [-0.1, -0.05) is 11.6 Å². The van der Waals surface area contributed by atoms with E-state index >= 15 is 0 Å². The van der Waals surface area contributed by atoms with Gasteiger partial charge in [0.15, 0.2) is 0 Å². The lowest BCUT2D eigenvalue weighted by Gasteiger charge is -2.21. The molecule has 0 bridgehead atoms. The average molecular weight is 364 g/mol. The van der Waals surface area contributed by atoms with Crippen LogP contribution in [-0.2, 0) is 17.1 Å². The predicted molar refractivity (Wildman–Crippen MR) is 71.3 cm³/mol. The van der Waals surface area contributed by atoms with E-state index in [2.05, 4.69) is 0 Å². The van der Waals surface area contributed by atoms with Crippen molar-refractivity contribution in [2.75, 3.05) is 5.32 Å². The Hall–Kier alpha value is -1.64. The van der Waals surface area contributed by atoms with E-state index in [1.807, 2.05) is 5.32 Å². The molecule has 0 spiro atoms. The molecular formula is C13H12ClF6NO2. The number of halogens is 7. The molecule has 0 aliphatic heterocycles. The number of rotatable bonds is 1. The highest BCUT2D eigenvalue weighted by Gasteiger charge is 2.45. The van der Waals surface area contributed by atoms with Crippen molar-refractivity contribution in [3.8, 4) is 0 Å². The van der Waals surface area contributed by atoms with E-state index in [0.717, 1.165) is 0 Å². The Morgan fingerprint density at radius 1 is 1.04 bits per heavy atom. The first-order valence-corrected chi connectivity index (χ1v) is 6.47. The summed E-state index contributed by atoms with van der Waals surface area (Å²) in [5, 5.41) is 0.735. The molecule has 0 saturated carbocycles. The second-order valence-electron chi connectivity index (χ2n) is 5.50. The molecular weight excluding hydrogens is 352 g/mol. The van der Waals surface area contributed by atoms with Crippen LogP contribution < -0.4 is 5.32 Å². The van der Waals surface area contributed by atoms with Gasteiger partial charge < -0.3 is 4.74 Å². The summed E-state index contributed by atoms with van der Waals surface area (Å²) >= 11 is 5.33. The Morgan fingerprint density at radius 2 is 1.57 bits per heavy atom. The van der Waals surface area contributed by atoms with Crippen molar-refractivity contribution in [2.45, 2.75) is 38.7 Å². The number of nitrogens with one attached hydrogen (secondary N) is 1. The molecule has 0 atom stereocenters. The van der Waals surface area contributed by atoms with Gasteiger partial charge in [0, 0.05) is 5.69 Å². The smallest absolute Gasteiger partial charge is 0.418 e. The Bertz CT molecular complexity index is 604. The second kappa shape index (κ2) is 6.10. The van der Waals surface area contributed by atoms with E-state index in [0.29, 0.717) is 6.07 Å². The molecule has 0 aromatic heterocycles. The van der Waals surface area contributed by atoms with Crippen LogP contribution in [0.25, 0.3) is 0 Å². The number of anilines is 1. The van der Waals surface area contributed by atoms with Gasteiger partial charge in [-0.3, -0.25) is 5.32 Å². The standard InChI is InChI=1S/C13H12ClF6NO2/c1-11(2,3)23-10(22)21-6-4-7(12(15,16)17)9(8(14)5-6)13(18,19)20/h4-5H,1-3H3,(H,21,22). The maximum absolute atomic E-state index is 12.8. The van der Waals surface area contributed by atoms with Crippen LogP contribution in [-0.4, -0.2) is 11.7 Å². The highest BCUT2D eigenvalue weighted by atomic mass is 35.5. The Morgan fingerprint density at radius 3 is 1.96 bits per heavy atom. The molecule has 10 heteroatoms. The molecule has 0 unspecified atom stereocenters. The van der Waals surface area contributed by atoms with Crippen LogP contribution in [0.4, 0.5) is 36.8 Å². The third-order valence-electron chi connectivity index (χ3n) is 2.32. The van der Waals surface area contributed by atoms with Crippen LogP contribution in [0.3, 0.4) is 0 Å². The van der Waals surface area contributed by atoms with Gasteiger partial charge in [-0.05, 0) is 32.9 Å². The summed E-state index contributed by atoms with van der Waals surface area (Å²) < 4.78 is 81.6. The molecule has 130 valence electrons. The first kappa shape index (κ1) is 19.4. The van der Waals surface area contributed by atoms with Crippen LogP contribution in [0.15, 0.2) is 12.1 Å². The van der Waals surface area contributed by atoms with Crippen molar-refractivity contribution in [1.82, 2.24) is 0 Å². The number of carbonyl (C=O) groups excluding carboxylic acids is 1. The van der Waals surface area contributed by atoms with Gasteiger partial charge in [0.25, 0.3) is 0 Å². The lowest BCUT2D eigenvalue weighted by atomic mass is 10.1. The largest absolute Gasteiger partial charge is 0.444 e. The van der Waals surface area contributed by atoms with Gasteiger partial charge in [0.1, 0.15) is 5.60 Å². The van der Waals surface area contributed by atoms with E-state index in [-0.39, 0.29) is 6.07 Å². The highest BCUT2D eigenvalue weighted by Crippen LogP contribution is 2.45. The molecule has 0 fully saturated rings. The Kier molecular flexibility index (Phi) is 5.15. The second-order valence-corrected chi connectivity index (χ2v) is 5.91. The van der Waals surface area contributed by atoms with Crippen LogP contribution in [0.1, 0.15) is 31.9 Å². The van der Waals surface area contributed by atoms with Crippen molar-refractivity contribution in [3.05, 3.63) is 28.3 Å². The highest BCUT2D eigenvalue weighted by molar-refractivity contribution is 6.32. The molecule has 0 heterocycles. The van der Waals surface area contributed by atoms with Crippen LogP contribution in [0.2, 0.25) is 5.02 Å². The number of amides is 1. The van der Waals surface area contributed by atoms with Gasteiger partial charge in [-0.2, -0.15) is 26.3 Å². The number of benzene rings is 1. The maximum atomic E-state index is 12.8.